The Labute approximate surface area is 202 Å². The molecule has 0 radical (unpaired) electrons. The fraction of sp³-hybridized carbons (Fsp3) is 0.261. The monoisotopic (exact) mass is 529 g/mol. The van der Waals surface area contributed by atoms with Gasteiger partial charge >= 0.3 is 0 Å². The number of hydrogen-bond acceptors (Lipinski definition) is 6. The molecular weight excluding hydrogens is 509 g/mol. The van der Waals surface area contributed by atoms with Gasteiger partial charge in [-0.3, -0.25) is 19.0 Å². The van der Waals surface area contributed by atoms with Crippen LogP contribution in [0.5, 0.6) is 5.75 Å². The van der Waals surface area contributed by atoms with Crippen molar-refractivity contribution in [2.45, 2.75) is 25.4 Å². The van der Waals surface area contributed by atoms with Crippen molar-refractivity contribution in [3.8, 4) is 5.75 Å². The first kappa shape index (κ1) is 23.6. The van der Waals surface area contributed by atoms with Crippen LogP contribution >= 0.6 is 15.9 Å². The van der Waals surface area contributed by atoms with Crippen LogP contribution in [0, 0.1) is 5.82 Å². The van der Waals surface area contributed by atoms with Crippen molar-refractivity contribution in [3.05, 3.63) is 86.0 Å². The molecule has 0 saturated carbocycles. The van der Waals surface area contributed by atoms with Gasteiger partial charge in [-0.25, -0.2) is 14.4 Å². The van der Waals surface area contributed by atoms with Crippen molar-refractivity contribution in [3.63, 3.8) is 0 Å². The molecule has 9 nitrogen and oxygen atoms in total. The van der Waals surface area contributed by atoms with Gasteiger partial charge in [0, 0.05) is 20.1 Å². The zero-order chi connectivity index (χ0) is 24.4. The van der Waals surface area contributed by atoms with E-state index in [2.05, 4.69) is 31.2 Å². The summed E-state index contributed by atoms with van der Waals surface area (Å²) in [6, 6.07) is 9.98. The number of aromatic nitrogens is 3. The fourth-order valence-corrected chi connectivity index (χ4v) is 4.23. The SMILES string of the molecule is Cn1c(C2CCCN2C(=O)c2cccc(Br)n2)nc(C(=O)NCc2ccc(F)cc2)c(O)c1=O. The topological polar surface area (TPSA) is 117 Å². The molecule has 0 spiro atoms. The van der Waals surface area contributed by atoms with Gasteiger partial charge in [0.1, 0.15) is 21.9 Å². The summed E-state index contributed by atoms with van der Waals surface area (Å²) in [5.74, 6) is -2.08. The summed E-state index contributed by atoms with van der Waals surface area (Å²) < 4.78 is 14.8. The largest absolute Gasteiger partial charge is 0.501 e. The Bertz CT molecular complexity index is 1310. The minimum Gasteiger partial charge on any atom is -0.501 e. The van der Waals surface area contributed by atoms with Gasteiger partial charge in [0.15, 0.2) is 5.69 Å². The van der Waals surface area contributed by atoms with E-state index in [0.717, 1.165) is 4.57 Å². The van der Waals surface area contributed by atoms with Gasteiger partial charge in [0.05, 0.1) is 6.04 Å². The third-order valence-electron chi connectivity index (χ3n) is 5.63. The number of aromatic hydroxyl groups is 1. The van der Waals surface area contributed by atoms with Gasteiger partial charge < -0.3 is 15.3 Å². The highest BCUT2D eigenvalue weighted by atomic mass is 79.9. The summed E-state index contributed by atoms with van der Waals surface area (Å²) in [4.78, 5) is 48.7. The third-order valence-corrected chi connectivity index (χ3v) is 6.07. The highest BCUT2D eigenvalue weighted by Crippen LogP contribution is 2.32. The summed E-state index contributed by atoms with van der Waals surface area (Å²) in [6.45, 7) is 0.480. The number of amides is 2. The number of nitrogens with one attached hydrogen (secondary N) is 1. The maximum absolute atomic E-state index is 13.1. The molecule has 1 unspecified atom stereocenters. The average molecular weight is 530 g/mol. The van der Waals surface area contributed by atoms with Gasteiger partial charge in [-0.05, 0) is 58.6 Å². The lowest BCUT2D eigenvalue weighted by Crippen LogP contribution is -2.36. The van der Waals surface area contributed by atoms with Crippen LogP contribution < -0.4 is 10.9 Å². The van der Waals surface area contributed by atoms with Gasteiger partial charge in [0.2, 0.25) is 5.75 Å². The molecule has 34 heavy (non-hydrogen) atoms. The Morgan fingerprint density at radius 1 is 1.21 bits per heavy atom. The standard InChI is InChI=1S/C23H21BrFN5O4/c1-29-20(16-5-3-11-30(16)22(33)15-4-2-6-17(24)27-15)28-18(19(31)23(29)34)21(32)26-12-13-7-9-14(25)10-8-13/h2,4,6-10,16,31H,3,5,11-12H2,1H3,(H,26,32). The zero-order valence-corrected chi connectivity index (χ0v) is 19.7. The minimum atomic E-state index is -0.795. The van der Waals surface area contributed by atoms with E-state index in [9.17, 15) is 23.9 Å². The highest BCUT2D eigenvalue weighted by Gasteiger charge is 2.35. The molecule has 0 aliphatic carbocycles. The maximum atomic E-state index is 13.1. The van der Waals surface area contributed by atoms with E-state index in [1.54, 1.807) is 23.1 Å². The van der Waals surface area contributed by atoms with Gasteiger partial charge in [-0.1, -0.05) is 18.2 Å². The van der Waals surface area contributed by atoms with Crippen LogP contribution in [0.2, 0.25) is 0 Å². The van der Waals surface area contributed by atoms with Crippen LogP contribution in [-0.2, 0) is 13.6 Å². The molecule has 2 N–H and O–H groups in total. The quantitative estimate of drug-likeness (QED) is 0.490. The Kier molecular flexibility index (Phi) is 6.73. The number of nitrogens with zero attached hydrogens (tertiary/aromatic N) is 4. The van der Waals surface area contributed by atoms with Crippen LogP contribution in [0.1, 0.15) is 51.2 Å². The van der Waals surface area contributed by atoms with E-state index < -0.39 is 34.8 Å². The average Bonchev–Trinajstić information content (AvgIpc) is 3.31. The van der Waals surface area contributed by atoms with Crippen molar-refractivity contribution in [2.75, 3.05) is 6.54 Å². The van der Waals surface area contributed by atoms with Gasteiger partial charge in [-0.15, -0.1) is 0 Å². The normalized spacial score (nSPS) is 15.4. The molecule has 11 heteroatoms. The number of carbonyl (C=O) groups is 2. The predicted molar refractivity (Wildman–Crippen MR) is 124 cm³/mol. The highest BCUT2D eigenvalue weighted by molar-refractivity contribution is 9.10. The molecule has 1 saturated heterocycles. The molecule has 0 bridgehead atoms. The lowest BCUT2D eigenvalue weighted by atomic mass is 10.1. The Morgan fingerprint density at radius 3 is 2.65 bits per heavy atom. The first-order valence-corrected chi connectivity index (χ1v) is 11.3. The van der Waals surface area contributed by atoms with Crippen molar-refractivity contribution in [1.29, 1.82) is 0 Å². The van der Waals surface area contributed by atoms with Crippen molar-refractivity contribution in [1.82, 2.24) is 24.8 Å². The first-order valence-electron chi connectivity index (χ1n) is 10.5. The second kappa shape index (κ2) is 9.72. The summed E-state index contributed by atoms with van der Waals surface area (Å²) in [7, 11) is 1.43. The van der Waals surface area contributed by atoms with E-state index in [1.807, 2.05) is 0 Å². The molecule has 3 heterocycles. The number of benzene rings is 1. The maximum Gasteiger partial charge on any atom is 0.296 e. The fourth-order valence-electron chi connectivity index (χ4n) is 3.88. The number of carbonyl (C=O) groups excluding carboxylic acids is 2. The van der Waals surface area contributed by atoms with E-state index in [0.29, 0.717) is 29.6 Å². The Morgan fingerprint density at radius 2 is 1.94 bits per heavy atom. The third kappa shape index (κ3) is 4.69. The summed E-state index contributed by atoms with van der Waals surface area (Å²) >= 11 is 3.26. The second-order valence-electron chi connectivity index (χ2n) is 7.84. The lowest BCUT2D eigenvalue weighted by molar-refractivity contribution is 0.0720. The number of rotatable bonds is 5. The summed E-state index contributed by atoms with van der Waals surface area (Å²) in [5, 5.41) is 12.9. The van der Waals surface area contributed by atoms with Crippen LogP contribution in [0.3, 0.4) is 0 Å². The summed E-state index contributed by atoms with van der Waals surface area (Å²) in [6.07, 6.45) is 1.20. The van der Waals surface area contributed by atoms with E-state index in [-0.39, 0.29) is 24.0 Å². The lowest BCUT2D eigenvalue weighted by Gasteiger charge is -2.25. The molecule has 1 aliphatic heterocycles. The van der Waals surface area contributed by atoms with Crippen molar-refractivity contribution in [2.24, 2.45) is 7.05 Å². The molecule has 176 valence electrons. The number of likely N-dealkylation sites (tertiary alicyclic amines) is 1. The molecule has 1 fully saturated rings. The molecule has 1 aliphatic rings. The molecule has 3 aromatic rings. The van der Waals surface area contributed by atoms with Crippen molar-refractivity contribution >= 4 is 27.7 Å². The van der Waals surface area contributed by atoms with Crippen LogP contribution in [0.4, 0.5) is 4.39 Å². The van der Waals surface area contributed by atoms with E-state index in [4.69, 9.17) is 0 Å². The molecule has 2 aromatic heterocycles. The van der Waals surface area contributed by atoms with E-state index >= 15 is 0 Å². The molecule has 4 rings (SSSR count). The van der Waals surface area contributed by atoms with E-state index in [1.165, 1.54) is 31.3 Å². The zero-order valence-electron chi connectivity index (χ0n) is 18.2. The molecule has 1 atom stereocenters. The van der Waals surface area contributed by atoms with Gasteiger partial charge in [-0.2, -0.15) is 0 Å². The predicted octanol–water partition coefficient (Wildman–Crippen LogP) is 2.69. The second-order valence-corrected chi connectivity index (χ2v) is 8.66. The molecule has 2 amide bonds. The van der Waals surface area contributed by atoms with Crippen molar-refractivity contribution < 1.29 is 19.1 Å². The first-order chi connectivity index (χ1) is 16.3. The van der Waals surface area contributed by atoms with Crippen LogP contribution in [0.15, 0.2) is 51.9 Å². The van der Waals surface area contributed by atoms with Crippen LogP contribution in [0.25, 0.3) is 0 Å². The van der Waals surface area contributed by atoms with Gasteiger partial charge in [0.25, 0.3) is 17.4 Å². The number of halogens is 2. The Hall–Kier alpha value is -3.60. The number of hydrogen-bond donors (Lipinski definition) is 2. The molecular formula is C23H21BrFN5O4. The molecule has 1 aromatic carbocycles. The summed E-state index contributed by atoms with van der Waals surface area (Å²) in [5.41, 5.74) is -0.355. The van der Waals surface area contributed by atoms with Crippen LogP contribution in [-0.4, -0.2) is 42.9 Å². The minimum absolute atomic E-state index is 0.0490. The Balaban J connectivity index is 1.62. The smallest absolute Gasteiger partial charge is 0.296 e. The number of pyridine rings is 1.